The Morgan fingerprint density at radius 3 is 2.21 bits per heavy atom. The molecule has 1 aliphatic heterocycles. The average molecular weight is 334 g/mol. The molecule has 0 aromatic heterocycles. The zero-order valence-electron chi connectivity index (χ0n) is 13.8. The van der Waals surface area contributed by atoms with E-state index in [2.05, 4.69) is 5.32 Å². The summed E-state index contributed by atoms with van der Waals surface area (Å²) in [5.41, 5.74) is -1.02. The number of hydrogen-bond donors (Lipinski definition) is 1. The molecule has 4 aliphatic carbocycles. The fourth-order valence-corrected chi connectivity index (χ4v) is 5.86. The summed E-state index contributed by atoms with van der Waals surface area (Å²) >= 11 is 0. The van der Waals surface area contributed by atoms with Crippen molar-refractivity contribution in [2.24, 2.45) is 17.3 Å². The highest BCUT2D eigenvalue weighted by Gasteiger charge is 2.62. The molecule has 2 unspecified atom stereocenters. The Balaban J connectivity index is 1.58. The molecule has 7 heteroatoms. The Labute approximate surface area is 140 Å². The SMILES string of the molecule is CC(=O)NC12CC3CC(C1)CC(C(=O)ON1C(=O)CCC1=O)(C3)C2. The van der Waals surface area contributed by atoms with Crippen LogP contribution in [0.4, 0.5) is 0 Å². The molecule has 0 aromatic rings. The van der Waals surface area contributed by atoms with Crippen LogP contribution < -0.4 is 5.32 Å². The van der Waals surface area contributed by atoms with Gasteiger partial charge in [-0.2, -0.15) is 0 Å². The van der Waals surface area contributed by atoms with Crippen molar-refractivity contribution >= 4 is 23.7 Å². The van der Waals surface area contributed by atoms with Crippen LogP contribution in [-0.2, 0) is 24.0 Å². The second kappa shape index (κ2) is 5.04. The maximum atomic E-state index is 12.9. The number of carbonyl (C=O) groups excluding carboxylic acids is 4. The van der Waals surface area contributed by atoms with Gasteiger partial charge in [0.15, 0.2) is 0 Å². The first kappa shape index (κ1) is 15.6. The van der Waals surface area contributed by atoms with Crippen LogP contribution >= 0.6 is 0 Å². The Morgan fingerprint density at radius 2 is 1.67 bits per heavy atom. The predicted molar refractivity (Wildman–Crippen MR) is 80.8 cm³/mol. The first-order valence-electron chi connectivity index (χ1n) is 8.68. The maximum Gasteiger partial charge on any atom is 0.339 e. The molecule has 4 saturated carbocycles. The summed E-state index contributed by atoms with van der Waals surface area (Å²) in [6, 6.07) is 0. The lowest BCUT2D eigenvalue weighted by Crippen LogP contribution is -2.65. The van der Waals surface area contributed by atoms with Crippen LogP contribution in [0.3, 0.4) is 0 Å². The standard InChI is InChI=1S/C17H22N2O5/c1-10(20)18-17-7-11-4-12(8-17)6-16(5-11,9-17)15(23)24-19-13(21)2-3-14(19)22/h11-12H,2-9H2,1H3,(H,18,20). The fourth-order valence-electron chi connectivity index (χ4n) is 5.86. The first-order valence-corrected chi connectivity index (χ1v) is 8.68. The third kappa shape index (κ3) is 2.32. The van der Waals surface area contributed by atoms with Crippen molar-refractivity contribution in [3.05, 3.63) is 0 Å². The van der Waals surface area contributed by atoms with Crippen molar-refractivity contribution in [2.75, 3.05) is 0 Å². The van der Waals surface area contributed by atoms with Gasteiger partial charge in [-0.05, 0) is 50.4 Å². The van der Waals surface area contributed by atoms with E-state index in [-0.39, 0.29) is 24.3 Å². The van der Waals surface area contributed by atoms with Crippen LogP contribution in [0.1, 0.15) is 58.3 Å². The van der Waals surface area contributed by atoms with Gasteiger partial charge in [0.05, 0.1) is 5.41 Å². The summed E-state index contributed by atoms with van der Waals surface area (Å²) in [4.78, 5) is 53.2. The molecule has 1 N–H and O–H groups in total. The zero-order chi connectivity index (χ0) is 17.1. The number of imide groups is 1. The Bertz CT molecular complexity index is 613. The van der Waals surface area contributed by atoms with E-state index >= 15 is 0 Å². The number of nitrogens with zero attached hydrogens (tertiary/aromatic N) is 1. The third-order valence-electron chi connectivity index (χ3n) is 6.12. The first-order chi connectivity index (χ1) is 11.3. The number of hydroxylamine groups is 2. The minimum Gasteiger partial charge on any atom is -0.351 e. The van der Waals surface area contributed by atoms with Gasteiger partial charge >= 0.3 is 5.97 Å². The van der Waals surface area contributed by atoms with E-state index in [1.807, 2.05) is 0 Å². The molecule has 5 aliphatic rings. The van der Waals surface area contributed by atoms with Crippen LogP contribution in [0.25, 0.3) is 0 Å². The highest BCUT2D eigenvalue weighted by molar-refractivity contribution is 6.01. The molecular weight excluding hydrogens is 312 g/mol. The van der Waals surface area contributed by atoms with Crippen molar-refractivity contribution in [1.29, 1.82) is 0 Å². The monoisotopic (exact) mass is 334 g/mol. The normalized spacial score (nSPS) is 40.1. The molecule has 0 spiro atoms. The van der Waals surface area contributed by atoms with Gasteiger partial charge in [0.1, 0.15) is 0 Å². The quantitative estimate of drug-likeness (QED) is 0.779. The molecule has 3 amide bonds. The maximum absolute atomic E-state index is 12.9. The molecule has 4 bridgehead atoms. The Hall–Kier alpha value is -1.92. The van der Waals surface area contributed by atoms with E-state index in [9.17, 15) is 19.2 Å². The molecule has 24 heavy (non-hydrogen) atoms. The lowest BCUT2D eigenvalue weighted by atomic mass is 9.47. The van der Waals surface area contributed by atoms with E-state index in [0.717, 1.165) is 32.1 Å². The van der Waals surface area contributed by atoms with Crippen LogP contribution in [0, 0.1) is 17.3 Å². The second-order valence-corrected chi connectivity index (χ2v) is 8.16. The van der Waals surface area contributed by atoms with Gasteiger partial charge in [-0.25, -0.2) is 4.79 Å². The minimum atomic E-state index is -0.685. The zero-order valence-corrected chi connectivity index (χ0v) is 13.8. The van der Waals surface area contributed by atoms with Crippen LogP contribution in [-0.4, -0.2) is 34.3 Å². The van der Waals surface area contributed by atoms with E-state index in [4.69, 9.17) is 4.84 Å². The summed E-state index contributed by atoms with van der Waals surface area (Å²) in [7, 11) is 0. The molecule has 1 saturated heterocycles. The van der Waals surface area contributed by atoms with Gasteiger partial charge in [-0.1, -0.05) is 0 Å². The van der Waals surface area contributed by atoms with Gasteiger partial charge in [-0.15, -0.1) is 5.06 Å². The summed E-state index contributed by atoms with van der Waals surface area (Å²) in [5.74, 6) is -0.684. The van der Waals surface area contributed by atoms with Crippen molar-refractivity contribution in [2.45, 2.75) is 63.8 Å². The molecule has 5 fully saturated rings. The Kier molecular flexibility index (Phi) is 3.27. The molecular formula is C17H22N2O5. The van der Waals surface area contributed by atoms with Gasteiger partial charge in [0, 0.05) is 25.3 Å². The summed E-state index contributed by atoms with van der Waals surface area (Å²) < 4.78 is 0. The molecule has 5 rings (SSSR count). The molecule has 7 nitrogen and oxygen atoms in total. The van der Waals surface area contributed by atoms with E-state index < -0.39 is 23.2 Å². The van der Waals surface area contributed by atoms with Crippen LogP contribution in [0.15, 0.2) is 0 Å². The predicted octanol–water partition coefficient (Wildman–Crippen LogP) is 1.07. The fraction of sp³-hybridized carbons (Fsp3) is 0.765. The van der Waals surface area contributed by atoms with E-state index in [0.29, 0.717) is 23.3 Å². The minimum absolute atomic E-state index is 0.0784. The Morgan fingerprint density at radius 1 is 1.08 bits per heavy atom. The summed E-state index contributed by atoms with van der Waals surface area (Å²) in [6.07, 6.45) is 5.07. The average Bonchev–Trinajstić information content (AvgIpc) is 2.76. The molecule has 0 radical (unpaired) electrons. The number of nitrogens with one attached hydrogen (secondary N) is 1. The largest absolute Gasteiger partial charge is 0.351 e. The topological polar surface area (TPSA) is 92.8 Å². The lowest BCUT2D eigenvalue weighted by molar-refractivity contribution is -0.215. The molecule has 2 atom stereocenters. The lowest BCUT2D eigenvalue weighted by Gasteiger charge is -2.60. The van der Waals surface area contributed by atoms with E-state index in [1.54, 1.807) is 0 Å². The third-order valence-corrected chi connectivity index (χ3v) is 6.12. The number of amides is 3. The van der Waals surface area contributed by atoms with Crippen LogP contribution in [0.2, 0.25) is 0 Å². The van der Waals surface area contributed by atoms with Crippen molar-refractivity contribution in [3.63, 3.8) is 0 Å². The number of carbonyl (C=O) groups is 4. The number of rotatable bonds is 3. The molecule has 1 heterocycles. The second-order valence-electron chi connectivity index (χ2n) is 8.16. The highest BCUT2D eigenvalue weighted by Crippen LogP contribution is 2.62. The van der Waals surface area contributed by atoms with Crippen LogP contribution in [0.5, 0.6) is 0 Å². The van der Waals surface area contributed by atoms with Gasteiger partial charge in [0.25, 0.3) is 11.8 Å². The van der Waals surface area contributed by atoms with Gasteiger partial charge < -0.3 is 10.2 Å². The molecule has 0 aromatic carbocycles. The number of hydrogen-bond acceptors (Lipinski definition) is 5. The van der Waals surface area contributed by atoms with Gasteiger partial charge in [0.2, 0.25) is 5.91 Å². The molecule has 130 valence electrons. The van der Waals surface area contributed by atoms with Crippen molar-refractivity contribution in [3.8, 4) is 0 Å². The van der Waals surface area contributed by atoms with E-state index in [1.165, 1.54) is 6.92 Å². The highest BCUT2D eigenvalue weighted by atomic mass is 16.7. The smallest absolute Gasteiger partial charge is 0.339 e. The van der Waals surface area contributed by atoms with Crippen molar-refractivity contribution in [1.82, 2.24) is 10.4 Å². The summed E-state index contributed by atoms with van der Waals surface area (Å²) in [6.45, 7) is 1.51. The van der Waals surface area contributed by atoms with Crippen molar-refractivity contribution < 1.29 is 24.0 Å². The van der Waals surface area contributed by atoms with Gasteiger partial charge in [-0.3, -0.25) is 14.4 Å². The summed E-state index contributed by atoms with van der Waals surface area (Å²) in [5, 5.41) is 3.73.